The molecule has 2 aromatic heterocycles. The third kappa shape index (κ3) is 3.93. The Balaban J connectivity index is 1.29. The van der Waals surface area contributed by atoms with Gasteiger partial charge in [0.2, 0.25) is 0 Å². The molecule has 0 fully saturated rings. The Morgan fingerprint density at radius 2 is 1.88 bits per heavy atom. The minimum Gasteiger partial charge on any atom is -0.359 e. The molecule has 0 atom stereocenters. The van der Waals surface area contributed by atoms with Crippen molar-refractivity contribution in [3.8, 4) is 22.6 Å². The highest BCUT2D eigenvalue weighted by atomic mass is 19.1. The van der Waals surface area contributed by atoms with Crippen molar-refractivity contribution >= 4 is 6.21 Å². The van der Waals surface area contributed by atoms with Crippen LogP contribution in [-0.4, -0.2) is 26.3 Å². The van der Waals surface area contributed by atoms with Gasteiger partial charge in [-0.05, 0) is 23.1 Å². The highest BCUT2D eigenvalue weighted by Gasteiger charge is 2.20. The second-order valence-corrected chi connectivity index (χ2v) is 9.00. The maximum absolute atomic E-state index is 14.1. The van der Waals surface area contributed by atoms with E-state index in [0.717, 1.165) is 22.6 Å². The lowest BCUT2D eigenvalue weighted by Crippen LogP contribution is -2.21. The second-order valence-electron chi connectivity index (χ2n) is 9.00. The molecule has 1 N–H and O–H groups in total. The summed E-state index contributed by atoms with van der Waals surface area (Å²) in [6, 6.07) is 16.9. The molecule has 2 aromatic carbocycles. The number of nitrogens with zero attached hydrogens (tertiary/aromatic N) is 4. The van der Waals surface area contributed by atoms with Crippen molar-refractivity contribution in [1.82, 2.24) is 20.1 Å². The second kappa shape index (κ2) is 7.75. The van der Waals surface area contributed by atoms with Crippen LogP contribution in [0.5, 0.6) is 0 Å². The van der Waals surface area contributed by atoms with Crippen molar-refractivity contribution in [3.63, 3.8) is 0 Å². The van der Waals surface area contributed by atoms with Gasteiger partial charge in [0.1, 0.15) is 17.3 Å². The molecule has 162 valence electrons. The van der Waals surface area contributed by atoms with Gasteiger partial charge < -0.3 is 9.51 Å². The summed E-state index contributed by atoms with van der Waals surface area (Å²) in [4.78, 5) is 7.73. The fourth-order valence-corrected chi connectivity index (χ4v) is 3.73. The molecule has 1 aliphatic rings. The van der Waals surface area contributed by atoms with Crippen LogP contribution in [0, 0.1) is 5.82 Å². The number of H-pyrrole nitrogens is 1. The molecule has 3 heterocycles. The molecule has 0 radical (unpaired) electrons. The molecule has 0 saturated heterocycles. The lowest BCUT2D eigenvalue weighted by atomic mass is 9.86. The molecule has 6 nitrogen and oxygen atoms in total. The maximum atomic E-state index is 14.1. The molecule has 4 aromatic rings. The topological polar surface area (TPSA) is 70.3 Å². The van der Waals surface area contributed by atoms with E-state index in [2.05, 4.69) is 65.3 Å². The Kier molecular flexibility index (Phi) is 4.89. The van der Waals surface area contributed by atoms with E-state index >= 15 is 0 Å². The zero-order chi connectivity index (χ0) is 22.3. The molecule has 5 rings (SSSR count). The zero-order valence-electron chi connectivity index (χ0n) is 18.3. The largest absolute Gasteiger partial charge is 0.359 e. The van der Waals surface area contributed by atoms with E-state index in [1.54, 1.807) is 24.4 Å². The van der Waals surface area contributed by atoms with Gasteiger partial charge in [0, 0.05) is 11.6 Å². The number of halogens is 1. The van der Waals surface area contributed by atoms with Crippen LogP contribution in [-0.2, 0) is 18.5 Å². The SMILES string of the molecule is CC(C)(C)c1ccc(-c2cc(CN3Cc4nc(-c5ccccc5F)[nH]c4C=N3)on2)cc1. The van der Waals surface area contributed by atoms with E-state index in [0.29, 0.717) is 30.2 Å². The van der Waals surface area contributed by atoms with Crippen LogP contribution in [0.1, 0.15) is 43.5 Å². The van der Waals surface area contributed by atoms with Gasteiger partial charge >= 0.3 is 0 Å². The van der Waals surface area contributed by atoms with Crippen LogP contribution in [0.3, 0.4) is 0 Å². The number of fused-ring (bicyclic) bond motifs is 1. The molecule has 0 aliphatic carbocycles. The number of hydrogen-bond acceptors (Lipinski definition) is 5. The molecule has 1 aliphatic heterocycles. The van der Waals surface area contributed by atoms with Crippen LogP contribution >= 0.6 is 0 Å². The fourth-order valence-electron chi connectivity index (χ4n) is 3.73. The molecule has 0 amide bonds. The number of aromatic amines is 1. The summed E-state index contributed by atoms with van der Waals surface area (Å²) < 4.78 is 19.7. The highest BCUT2D eigenvalue weighted by Crippen LogP contribution is 2.27. The number of hydrazone groups is 1. The number of benzene rings is 2. The van der Waals surface area contributed by atoms with E-state index in [4.69, 9.17) is 4.52 Å². The predicted octanol–water partition coefficient (Wildman–Crippen LogP) is 5.52. The average molecular weight is 429 g/mol. The summed E-state index contributed by atoms with van der Waals surface area (Å²) in [5, 5.41) is 10.5. The van der Waals surface area contributed by atoms with Crippen molar-refractivity contribution in [2.75, 3.05) is 0 Å². The Labute approximate surface area is 185 Å². The van der Waals surface area contributed by atoms with E-state index in [9.17, 15) is 4.39 Å². The van der Waals surface area contributed by atoms with E-state index in [-0.39, 0.29) is 11.2 Å². The molecule has 0 unspecified atom stereocenters. The van der Waals surface area contributed by atoms with E-state index in [1.807, 2.05) is 11.1 Å². The summed E-state index contributed by atoms with van der Waals surface area (Å²) in [7, 11) is 0. The maximum Gasteiger partial charge on any atom is 0.158 e. The first kappa shape index (κ1) is 20.2. The average Bonchev–Trinajstić information content (AvgIpc) is 3.40. The summed E-state index contributed by atoms with van der Waals surface area (Å²) in [5.41, 5.74) is 5.24. The molecular weight excluding hydrogens is 405 g/mol. The molecule has 7 heteroatoms. The monoisotopic (exact) mass is 429 g/mol. The van der Waals surface area contributed by atoms with Gasteiger partial charge in [0.25, 0.3) is 0 Å². The highest BCUT2D eigenvalue weighted by molar-refractivity contribution is 5.80. The predicted molar refractivity (Wildman–Crippen MR) is 121 cm³/mol. The van der Waals surface area contributed by atoms with Gasteiger partial charge in [0.05, 0.1) is 36.3 Å². The molecule has 0 bridgehead atoms. The van der Waals surface area contributed by atoms with Crippen LogP contribution in [0.4, 0.5) is 4.39 Å². The first-order chi connectivity index (χ1) is 15.4. The first-order valence-electron chi connectivity index (χ1n) is 10.6. The van der Waals surface area contributed by atoms with Gasteiger partial charge in [-0.2, -0.15) is 5.10 Å². The van der Waals surface area contributed by atoms with Crippen molar-refractivity contribution in [2.24, 2.45) is 5.10 Å². The minimum atomic E-state index is -0.308. The summed E-state index contributed by atoms with van der Waals surface area (Å²) >= 11 is 0. The van der Waals surface area contributed by atoms with Crippen molar-refractivity contribution in [3.05, 3.63) is 83.1 Å². The molecular formula is C25H24FN5O. The molecule has 0 spiro atoms. The number of imidazole rings is 1. The molecule has 0 saturated carbocycles. The van der Waals surface area contributed by atoms with Gasteiger partial charge in [-0.1, -0.05) is 62.3 Å². The number of aromatic nitrogens is 3. The van der Waals surface area contributed by atoms with Crippen LogP contribution in [0.2, 0.25) is 0 Å². The third-order valence-corrected chi connectivity index (χ3v) is 5.57. The number of hydrogen-bond donors (Lipinski definition) is 1. The van der Waals surface area contributed by atoms with Gasteiger partial charge in [-0.25, -0.2) is 9.37 Å². The Morgan fingerprint density at radius 3 is 2.62 bits per heavy atom. The van der Waals surface area contributed by atoms with Crippen molar-refractivity contribution < 1.29 is 8.91 Å². The molecule has 32 heavy (non-hydrogen) atoms. The Morgan fingerprint density at radius 1 is 1.09 bits per heavy atom. The summed E-state index contributed by atoms with van der Waals surface area (Å²) in [5.74, 6) is 0.907. The smallest absolute Gasteiger partial charge is 0.158 e. The van der Waals surface area contributed by atoms with Crippen molar-refractivity contribution in [2.45, 2.75) is 39.3 Å². The first-order valence-corrected chi connectivity index (χ1v) is 10.6. The fraction of sp³-hybridized carbons (Fsp3) is 0.240. The number of rotatable bonds is 4. The van der Waals surface area contributed by atoms with E-state index in [1.165, 1.54) is 11.6 Å². The van der Waals surface area contributed by atoms with Gasteiger partial charge in [0.15, 0.2) is 5.76 Å². The Bertz CT molecular complexity index is 1280. The lowest BCUT2D eigenvalue weighted by Gasteiger charge is -2.19. The zero-order valence-corrected chi connectivity index (χ0v) is 18.3. The number of nitrogens with one attached hydrogen (secondary N) is 1. The standard InChI is InChI=1S/C25H24FN5O/c1-25(2,3)17-10-8-16(9-11-17)21-12-18(32-30-21)14-31-15-23-22(13-27-31)28-24(29-23)19-6-4-5-7-20(19)26/h4-13H,14-15H2,1-3H3,(H,28,29). The normalized spacial score (nSPS) is 13.4. The third-order valence-electron chi connectivity index (χ3n) is 5.57. The van der Waals surface area contributed by atoms with Gasteiger partial charge in [-0.3, -0.25) is 5.01 Å². The summed E-state index contributed by atoms with van der Waals surface area (Å²) in [6.07, 6.45) is 1.71. The Hall–Kier alpha value is -3.74. The van der Waals surface area contributed by atoms with E-state index < -0.39 is 0 Å². The lowest BCUT2D eigenvalue weighted by molar-refractivity contribution is 0.229. The van der Waals surface area contributed by atoms with Crippen LogP contribution < -0.4 is 0 Å². The van der Waals surface area contributed by atoms with Crippen LogP contribution in [0.15, 0.2) is 64.2 Å². The van der Waals surface area contributed by atoms with Crippen molar-refractivity contribution in [1.29, 1.82) is 0 Å². The minimum absolute atomic E-state index is 0.108. The quantitative estimate of drug-likeness (QED) is 0.464. The summed E-state index contributed by atoms with van der Waals surface area (Å²) in [6.45, 7) is 7.54. The van der Waals surface area contributed by atoms with Gasteiger partial charge in [-0.15, -0.1) is 0 Å². The van der Waals surface area contributed by atoms with Crippen LogP contribution in [0.25, 0.3) is 22.6 Å².